The van der Waals surface area contributed by atoms with Gasteiger partial charge in [0.25, 0.3) is 5.91 Å². The lowest BCUT2D eigenvalue weighted by Gasteiger charge is -2.08. The molecule has 0 atom stereocenters. The van der Waals surface area contributed by atoms with Gasteiger partial charge >= 0.3 is 0 Å². The van der Waals surface area contributed by atoms with Crippen molar-refractivity contribution in [2.24, 2.45) is 0 Å². The Balaban J connectivity index is 1.59. The molecule has 0 radical (unpaired) electrons. The second-order valence-corrected chi connectivity index (χ2v) is 7.08. The SMILES string of the molecule is CCn1nc(C(C)C)cc1C(=O)Nc1ccc2c(c1)Cc1ccccc1-2. The molecular formula is C22H23N3O. The van der Waals surface area contributed by atoms with E-state index in [4.69, 9.17) is 0 Å². The van der Waals surface area contributed by atoms with Gasteiger partial charge in [-0.3, -0.25) is 9.48 Å². The fourth-order valence-electron chi connectivity index (χ4n) is 3.56. The van der Waals surface area contributed by atoms with Crippen LogP contribution in [-0.2, 0) is 13.0 Å². The van der Waals surface area contributed by atoms with Crippen molar-refractivity contribution >= 4 is 11.6 Å². The second kappa shape index (κ2) is 6.45. The highest BCUT2D eigenvalue weighted by molar-refractivity contribution is 6.03. The van der Waals surface area contributed by atoms with Gasteiger partial charge in [-0.15, -0.1) is 0 Å². The lowest BCUT2D eigenvalue weighted by atomic mass is 10.1. The summed E-state index contributed by atoms with van der Waals surface area (Å²) in [4.78, 5) is 12.8. The molecule has 1 aliphatic rings. The van der Waals surface area contributed by atoms with Crippen molar-refractivity contribution in [2.45, 2.75) is 39.7 Å². The van der Waals surface area contributed by atoms with Gasteiger partial charge in [-0.2, -0.15) is 5.10 Å². The minimum Gasteiger partial charge on any atom is -0.321 e. The Morgan fingerprint density at radius 2 is 1.88 bits per heavy atom. The van der Waals surface area contributed by atoms with Gasteiger partial charge in [0, 0.05) is 12.2 Å². The van der Waals surface area contributed by atoms with E-state index in [2.05, 4.69) is 60.7 Å². The third kappa shape index (κ3) is 2.81. The number of aromatic nitrogens is 2. The second-order valence-electron chi connectivity index (χ2n) is 7.08. The van der Waals surface area contributed by atoms with E-state index in [1.165, 1.54) is 22.3 Å². The largest absolute Gasteiger partial charge is 0.321 e. The molecule has 1 aliphatic carbocycles. The van der Waals surface area contributed by atoms with Crippen LogP contribution in [0.15, 0.2) is 48.5 Å². The summed E-state index contributed by atoms with van der Waals surface area (Å²) in [5, 5.41) is 7.57. The molecule has 0 aliphatic heterocycles. The lowest BCUT2D eigenvalue weighted by molar-refractivity contribution is 0.101. The summed E-state index contributed by atoms with van der Waals surface area (Å²) in [6.07, 6.45) is 0.916. The molecule has 0 saturated heterocycles. The van der Waals surface area contributed by atoms with Gasteiger partial charge in [0.2, 0.25) is 0 Å². The number of amides is 1. The topological polar surface area (TPSA) is 46.9 Å². The van der Waals surface area contributed by atoms with Crippen molar-refractivity contribution < 1.29 is 4.79 Å². The molecule has 1 heterocycles. The van der Waals surface area contributed by atoms with Crippen molar-refractivity contribution in [3.05, 3.63) is 71.0 Å². The predicted molar refractivity (Wildman–Crippen MR) is 105 cm³/mol. The minimum absolute atomic E-state index is 0.110. The number of fused-ring (bicyclic) bond motifs is 3. The number of hydrogen-bond donors (Lipinski definition) is 1. The number of rotatable bonds is 4. The molecule has 0 unspecified atom stereocenters. The summed E-state index contributed by atoms with van der Waals surface area (Å²) >= 11 is 0. The number of carbonyl (C=O) groups excluding carboxylic acids is 1. The normalized spacial score (nSPS) is 12.2. The Morgan fingerprint density at radius 1 is 1.12 bits per heavy atom. The molecule has 0 fully saturated rings. The van der Waals surface area contributed by atoms with E-state index in [1.54, 1.807) is 4.68 Å². The van der Waals surface area contributed by atoms with Crippen LogP contribution in [0.4, 0.5) is 5.69 Å². The number of nitrogens with one attached hydrogen (secondary N) is 1. The Hall–Kier alpha value is -2.88. The summed E-state index contributed by atoms with van der Waals surface area (Å²) in [7, 11) is 0. The highest BCUT2D eigenvalue weighted by Gasteiger charge is 2.20. The van der Waals surface area contributed by atoms with E-state index in [-0.39, 0.29) is 5.91 Å². The van der Waals surface area contributed by atoms with E-state index in [0.29, 0.717) is 18.2 Å². The van der Waals surface area contributed by atoms with Crippen LogP contribution >= 0.6 is 0 Å². The number of benzene rings is 2. The molecule has 4 rings (SSSR count). The van der Waals surface area contributed by atoms with Crippen LogP contribution in [0.25, 0.3) is 11.1 Å². The fourth-order valence-corrected chi connectivity index (χ4v) is 3.56. The van der Waals surface area contributed by atoms with Crippen molar-refractivity contribution in [3.8, 4) is 11.1 Å². The van der Waals surface area contributed by atoms with E-state index >= 15 is 0 Å². The zero-order valence-corrected chi connectivity index (χ0v) is 15.4. The quantitative estimate of drug-likeness (QED) is 0.575. The first-order valence-electron chi connectivity index (χ1n) is 9.17. The first kappa shape index (κ1) is 16.6. The van der Waals surface area contributed by atoms with Crippen molar-refractivity contribution in [3.63, 3.8) is 0 Å². The van der Waals surface area contributed by atoms with Gasteiger partial charge < -0.3 is 5.32 Å². The Morgan fingerprint density at radius 3 is 2.65 bits per heavy atom. The first-order chi connectivity index (χ1) is 12.6. The molecule has 2 aromatic carbocycles. The molecule has 4 heteroatoms. The molecule has 26 heavy (non-hydrogen) atoms. The van der Waals surface area contributed by atoms with Crippen LogP contribution in [0.5, 0.6) is 0 Å². The smallest absolute Gasteiger partial charge is 0.273 e. The van der Waals surface area contributed by atoms with Crippen LogP contribution in [-0.4, -0.2) is 15.7 Å². The number of hydrogen-bond acceptors (Lipinski definition) is 2. The Kier molecular flexibility index (Phi) is 4.11. The molecule has 1 amide bonds. The van der Waals surface area contributed by atoms with Crippen molar-refractivity contribution in [1.82, 2.24) is 9.78 Å². The highest BCUT2D eigenvalue weighted by atomic mass is 16.2. The molecule has 3 aromatic rings. The van der Waals surface area contributed by atoms with E-state index < -0.39 is 0 Å². The van der Waals surface area contributed by atoms with Crippen LogP contribution in [0, 0.1) is 0 Å². The average Bonchev–Trinajstić information content (AvgIpc) is 3.22. The van der Waals surface area contributed by atoms with Gasteiger partial charge in [0.1, 0.15) is 5.69 Å². The summed E-state index contributed by atoms with van der Waals surface area (Å²) in [5.41, 5.74) is 7.55. The molecule has 0 bridgehead atoms. The van der Waals surface area contributed by atoms with Crippen LogP contribution < -0.4 is 5.32 Å². The molecule has 0 spiro atoms. The Labute approximate surface area is 153 Å². The summed E-state index contributed by atoms with van der Waals surface area (Å²) in [6, 6.07) is 16.5. The third-order valence-corrected chi connectivity index (χ3v) is 4.97. The third-order valence-electron chi connectivity index (χ3n) is 4.97. The van der Waals surface area contributed by atoms with Crippen molar-refractivity contribution in [2.75, 3.05) is 5.32 Å². The molecule has 132 valence electrons. The van der Waals surface area contributed by atoms with E-state index in [0.717, 1.165) is 17.8 Å². The zero-order valence-electron chi connectivity index (χ0n) is 15.4. The molecule has 4 nitrogen and oxygen atoms in total. The maximum atomic E-state index is 12.8. The number of nitrogens with zero attached hydrogens (tertiary/aromatic N) is 2. The van der Waals surface area contributed by atoms with Crippen LogP contribution in [0.1, 0.15) is 54.0 Å². The molecule has 1 N–H and O–H groups in total. The van der Waals surface area contributed by atoms with E-state index in [9.17, 15) is 4.79 Å². The number of carbonyl (C=O) groups is 1. The number of aryl methyl sites for hydroxylation is 1. The highest BCUT2D eigenvalue weighted by Crippen LogP contribution is 2.37. The average molecular weight is 345 g/mol. The Bertz CT molecular complexity index is 985. The molecule has 0 saturated carbocycles. The standard InChI is InChI=1S/C22H23N3O/c1-4-25-21(13-20(24-25)14(2)3)22(26)23-17-9-10-19-16(12-17)11-15-7-5-6-8-18(15)19/h5-10,12-14H,4,11H2,1-3H3,(H,23,26). The summed E-state index contributed by atoms with van der Waals surface area (Å²) in [5.74, 6) is 0.189. The summed E-state index contributed by atoms with van der Waals surface area (Å²) < 4.78 is 1.77. The van der Waals surface area contributed by atoms with Gasteiger partial charge in [-0.1, -0.05) is 44.2 Å². The maximum absolute atomic E-state index is 12.8. The van der Waals surface area contributed by atoms with Gasteiger partial charge in [-0.05, 0) is 59.7 Å². The monoisotopic (exact) mass is 345 g/mol. The van der Waals surface area contributed by atoms with Gasteiger partial charge in [0.15, 0.2) is 0 Å². The van der Waals surface area contributed by atoms with Crippen molar-refractivity contribution in [1.29, 1.82) is 0 Å². The predicted octanol–water partition coefficient (Wildman–Crippen LogP) is 4.85. The van der Waals surface area contributed by atoms with Gasteiger partial charge in [-0.25, -0.2) is 0 Å². The number of anilines is 1. The van der Waals surface area contributed by atoms with Gasteiger partial charge in [0.05, 0.1) is 5.69 Å². The van der Waals surface area contributed by atoms with E-state index in [1.807, 2.05) is 19.1 Å². The zero-order chi connectivity index (χ0) is 18.3. The van der Waals surface area contributed by atoms with Crippen LogP contribution in [0.3, 0.4) is 0 Å². The molecule has 1 aromatic heterocycles. The lowest BCUT2D eigenvalue weighted by Crippen LogP contribution is -2.17. The fraction of sp³-hybridized carbons (Fsp3) is 0.273. The van der Waals surface area contributed by atoms with Crippen LogP contribution in [0.2, 0.25) is 0 Å². The summed E-state index contributed by atoms with van der Waals surface area (Å²) in [6.45, 7) is 6.85. The maximum Gasteiger partial charge on any atom is 0.273 e. The first-order valence-corrected chi connectivity index (χ1v) is 9.17. The molecular weight excluding hydrogens is 322 g/mol. The minimum atomic E-state index is -0.110.